The van der Waals surface area contributed by atoms with Gasteiger partial charge in [-0.2, -0.15) is 0 Å². The zero-order chi connectivity index (χ0) is 35.8. The summed E-state index contributed by atoms with van der Waals surface area (Å²) < 4.78 is 2.65. The lowest BCUT2D eigenvalue weighted by Gasteiger charge is -2.29. The van der Waals surface area contributed by atoms with E-state index in [1.54, 1.807) is 0 Å². The van der Waals surface area contributed by atoms with Crippen molar-refractivity contribution in [2.24, 2.45) is 0 Å². The fourth-order valence-electron chi connectivity index (χ4n) is 7.95. The maximum atomic E-state index is 2.41. The average molecular weight is 706 g/mol. The average Bonchev–Trinajstić information content (AvgIpc) is 3.64. The molecule has 254 valence electrons. The van der Waals surface area contributed by atoms with Crippen LogP contribution in [0.15, 0.2) is 212 Å². The van der Waals surface area contributed by atoms with E-state index < -0.39 is 0 Å². The molecule has 0 aliphatic heterocycles. The fourth-order valence-corrected chi connectivity index (χ4v) is 9.18. The molecule has 1 aromatic heterocycles. The first kappa shape index (κ1) is 32.0. The first-order chi connectivity index (χ1) is 26.8. The van der Waals surface area contributed by atoms with E-state index in [2.05, 4.69) is 217 Å². The number of anilines is 3. The Morgan fingerprint density at radius 1 is 0.315 bits per heavy atom. The highest BCUT2D eigenvalue weighted by molar-refractivity contribution is 7.26. The standard InChI is InChI=1S/C52H35NS/c1-3-14-36(15-4-1)37-28-32-41(33-29-37)53(42-34-30-39(31-35-42)44-23-13-25-48-46-21-8-10-27-50(46)54-52(44)48)49-26-9-7-20-45(49)47-24-12-19-40-18-11-22-43(51(40)47)38-16-5-2-6-17-38/h1-35H. The molecule has 0 atom stereocenters. The van der Waals surface area contributed by atoms with Crippen LogP contribution in [0, 0.1) is 0 Å². The van der Waals surface area contributed by atoms with E-state index in [1.165, 1.54) is 75.5 Å². The summed E-state index contributed by atoms with van der Waals surface area (Å²) in [4.78, 5) is 2.41. The highest BCUT2D eigenvalue weighted by atomic mass is 32.1. The second-order valence-corrected chi connectivity index (χ2v) is 14.7. The molecule has 0 fully saturated rings. The molecule has 54 heavy (non-hydrogen) atoms. The summed E-state index contributed by atoms with van der Waals surface area (Å²) in [5.41, 5.74) is 13.0. The van der Waals surface area contributed by atoms with Crippen molar-refractivity contribution in [1.29, 1.82) is 0 Å². The van der Waals surface area contributed by atoms with Crippen LogP contribution < -0.4 is 4.90 Å². The van der Waals surface area contributed by atoms with Crippen molar-refractivity contribution in [3.63, 3.8) is 0 Å². The molecule has 0 amide bonds. The summed E-state index contributed by atoms with van der Waals surface area (Å²) in [5, 5.41) is 5.12. The Morgan fingerprint density at radius 2 is 0.815 bits per heavy atom. The summed E-state index contributed by atoms with van der Waals surface area (Å²) in [5.74, 6) is 0. The van der Waals surface area contributed by atoms with Crippen molar-refractivity contribution in [3.05, 3.63) is 212 Å². The van der Waals surface area contributed by atoms with Gasteiger partial charge in [0.25, 0.3) is 0 Å². The van der Waals surface area contributed by atoms with Crippen LogP contribution in [0.2, 0.25) is 0 Å². The minimum Gasteiger partial charge on any atom is -0.310 e. The Labute approximate surface area is 319 Å². The third-order valence-corrected chi connectivity index (χ3v) is 11.7. The normalized spacial score (nSPS) is 11.3. The number of rotatable bonds is 7. The van der Waals surface area contributed by atoms with Crippen LogP contribution in [-0.4, -0.2) is 0 Å². The third kappa shape index (κ3) is 5.65. The van der Waals surface area contributed by atoms with Gasteiger partial charge in [0.2, 0.25) is 0 Å². The molecule has 0 bridgehead atoms. The molecule has 9 aromatic carbocycles. The predicted molar refractivity (Wildman–Crippen MR) is 233 cm³/mol. The third-order valence-electron chi connectivity index (χ3n) is 10.5. The van der Waals surface area contributed by atoms with Crippen LogP contribution in [0.1, 0.15) is 0 Å². The second-order valence-electron chi connectivity index (χ2n) is 13.7. The van der Waals surface area contributed by atoms with Gasteiger partial charge >= 0.3 is 0 Å². The molecular formula is C52H35NS. The SMILES string of the molecule is c1ccc(-c2ccc(N(c3ccc(-c4cccc5c4sc4ccccc45)cc3)c3ccccc3-c3cccc4cccc(-c5ccccc5)c34)cc2)cc1. The topological polar surface area (TPSA) is 3.24 Å². The molecule has 0 radical (unpaired) electrons. The maximum Gasteiger partial charge on any atom is 0.0540 e. The minimum atomic E-state index is 1.10. The fraction of sp³-hybridized carbons (Fsp3) is 0. The van der Waals surface area contributed by atoms with Gasteiger partial charge in [-0.1, -0.05) is 176 Å². The Morgan fingerprint density at radius 3 is 1.56 bits per heavy atom. The number of hydrogen-bond donors (Lipinski definition) is 0. The number of fused-ring (bicyclic) bond motifs is 4. The maximum absolute atomic E-state index is 2.41. The van der Waals surface area contributed by atoms with Gasteiger partial charge in [0, 0.05) is 37.1 Å². The molecule has 10 aromatic rings. The molecule has 0 N–H and O–H groups in total. The summed E-state index contributed by atoms with van der Waals surface area (Å²) in [6.45, 7) is 0. The quantitative estimate of drug-likeness (QED) is 0.160. The van der Waals surface area contributed by atoms with Crippen molar-refractivity contribution in [1.82, 2.24) is 0 Å². The van der Waals surface area contributed by atoms with E-state index in [9.17, 15) is 0 Å². The molecule has 0 aliphatic carbocycles. The van der Waals surface area contributed by atoms with Crippen LogP contribution in [0.3, 0.4) is 0 Å². The monoisotopic (exact) mass is 705 g/mol. The van der Waals surface area contributed by atoms with E-state index in [-0.39, 0.29) is 0 Å². The highest BCUT2D eigenvalue weighted by Crippen LogP contribution is 2.46. The van der Waals surface area contributed by atoms with Gasteiger partial charge in [0.15, 0.2) is 0 Å². The van der Waals surface area contributed by atoms with Crippen LogP contribution in [0.4, 0.5) is 17.1 Å². The van der Waals surface area contributed by atoms with Gasteiger partial charge in [0.1, 0.15) is 0 Å². The molecule has 0 aliphatic rings. The number of para-hydroxylation sites is 1. The molecule has 1 nitrogen and oxygen atoms in total. The number of thiophene rings is 1. The van der Waals surface area contributed by atoms with E-state index in [0.29, 0.717) is 0 Å². The number of hydrogen-bond acceptors (Lipinski definition) is 2. The second kappa shape index (κ2) is 13.7. The van der Waals surface area contributed by atoms with E-state index in [4.69, 9.17) is 0 Å². The van der Waals surface area contributed by atoms with Crippen LogP contribution in [0.25, 0.3) is 75.5 Å². The number of benzene rings is 9. The van der Waals surface area contributed by atoms with Gasteiger partial charge in [0.05, 0.1) is 5.69 Å². The van der Waals surface area contributed by atoms with E-state index >= 15 is 0 Å². The van der Waals surface area contributed by atoms with Gasteiger partial charge in [-0.25, -0.2) is 0 Å². The van der Waals surface area contributed by atoms with Gasteiger partial charge in [-0.15, -0.1) is 11.3 Å². The minimum absolute atomic E-state index is 1.10. The first-order valence-electron chi connectivity index (χ1n) is 18.4. The van der Waals surface area contributed by atoms with Crippen LogP contribution in [0.5, 0.6) is 0 Å². The lowest BCUT2D eigenvalue weighted by molar-refractivity contribution is 1.28. The van der Waals surface area contributed by atoms with Gasteiger partial charge in [-0.3, -0.25) is 0 Å². The molecule has 0 saturated carbocycles. The van der Waals surface area contributed by atoms with Gasteiger partial charge < -0.3 is 4.90 Å². The molecule has 0 unspecified atom stereocenters. The molecule has 0 saturated heterocycles. The molecule has 1 heterocycles. The summed E-state index contributed by atoms with van der Waals surface area (Å²) in [6.07, 6.45) is 0. The molecule has 2 heteroatoms. The van der Waals surface area contributed by atoms with Crippen molar-refractivity contribution in [3.8, 4) is 44.5 Å². The summed E-state index contributed by atoms with van der Waals surface area (Å²) in [7, 11) is 0. The lowest BCUT2D eigenvalue weighted by atomic mass is 9.90. The Kier molecular flexibility index (Phi) is 8.09. The van der Waals surface area contributed by atoms with Gasteiger partial charge in [-0.05, 0) is 86.1 Å². The summed E-state index contributed by atoms with van der Waals surface area (Å²) >= 11 is 1.88. The van der Waals surface area contributed by atoms with Crippen LogP contribution >= 0.6 is 11.3 Å². The van der Waals surface area contributed by atoms with Crippen molar-refractivity contribution in [2.75, 3.05) is 4.90 Å². The molecular weight excluding hydrogens is 671 g/mol. The largest absolute Gasteiger partial charge is 0.310 e. The first-order valence-corrected chi connectivity index (χ1v) is 19.2. The highest BCUT2D eigenvalue weighted by Gasteiger charge is 2.20. The van der Waals surface area contributed by atoms with E-state index in [1.807, 2.05) is 11.3 Å². The molecule has 10 rings (SSSR count). The summed E-state index contributed by atoms with van der Waals surface area (Å²) in [6, 6.07) is 77.1. The Balaban J connectivity index is 1.15. The van der Waals surface area contributed by atoms with Crippen LogP contribution in [-0.2, 0) is 0 Å². The molecule has 0 spiro atoms. The Hall–Kier alpha value is -6.74. The predicted octanol–water partition coefficient (Wildman–Crippen LogP) is 15.3. The van der Waals surface area contributed by atoms with Crippen molar-refractivity contribution in [2.45, 2.75) is 0 Å². The van der Waals surface area contributed by atoms with Crippen molar-refractivity contribution >= 4 is 59.3 Å². The zero-order valence-corrected chi connectivity index (χ0v) is 30.4. The smallest absolute Gasteiger partial charge is 0.0540 e. The number of nitrogens with zero attached hydrogens (tertiary/aromatic N) is 1. The van der Waals surface area contributed by atoms with E-state index in [0.717, 1.165) is 17.1 Å². The zero-order valence-electron chi connectivity index (χ0n) is 29.6. The Bertz CT molecular complexity index is 2900. The lowest BCUT2D eigenvalue weighted by Crippen LogP contribution is -2.11. The van der Waals surface area contributed by atoms with Crippen molar-refractivity contribution < 1.29 is 0 Å².